The van der Waals surface area contributed by atoms with Crippen LogP contribution in [-0.2, 0) is 4.79 Å². The van der Waals surface area contributed by atoms with Gasteiger partial charge in [0.15, 0.2) is 0 Å². The molecule has 0 bridgehead atoms. The molecule has 0 aliphatic carbocycles. The molecule has 0 radical (unpaired) electrons. The monoisotopic (exact) mass is 324 g/mol. The van der Waals surface area contributed by atoms with E-state index in [0.717, 1.165) is 38.0 Å². The second-order valence-electron chi connectivity index (χ2n) is 5.89. The van der Waals surface area contributed by atoms with Crippen LogP contribution in [-0.4, -0.2) is 45.4 Å². The maximum absolute atomic E-state index is 12.4. The summed E-state index contributed by atoms with van der Waals surface area (Å²) in [6.07, 6.45) is 6.44. The first kappa shape index (κ1) is 16.0. The van der Waals surface area contributed by atoms with E-state index in [0.29, 0.717) is 11.6 Å². The SMILES string of the molecule is N#Cc1ccc(NCC(=O)N2CCCC(n3ccnn3)CC2)cc1. The Morgan fingerprint density at radius 2 is 2.12 bits per heavy atom. The number of amides is 1. The molecule has 124 valence electrons. The molecule has 3 rings (SSSR count). The van der Waals surface area contributed by atoms with Gasteiger partial charge in [-0.15, -0.1) is 5.10 Å². The summed E-state index contributed by atoms with van der Waals surface area (Å²) in [5.41, 5.74) is 1.45. The summed E-state index contributed by atoms with van der Waals surface area (Å²) < 4.78 is 1.89. The number of benzene rings is 1. The normalized spacial score (nSPS) is 17.8. The lowest BCUT2D eigenvalue weighted by atomic mass is 10.1. The summed E-state index contributed by atoms with van der Waals surface area (Å²) in [5, 5.41) is 19.8. The summed E-state index contributed by atoms with van der Waals surface area (Å²) in [4.78, 5) is 14.3. The highest BCUT2D eigenvalue weighted by atomic mass is 16.2. The summed E-state index contributed by atoms with van der Waals surface area (Å²) in [7, 11) is 0. The number of nitrogens with one attached hydrogen (secondary N) is 1. The summed E-state index contributed by atoms with van der Waals surface area (Å²) in [5.74, 6) is 0.0959. The van der Waals surface area contributed by atoms with E-state index in [-0.39, 0.29) is 12.5 Å². The van der Waals surface area contributed by atoms with Crippen molar-refractivity contribution in [2.24, 2.45) is 0 Å². The van der Waals surface area contributed by atoms with Gasteiger partial charge >= 0.3 is 0 Å². The lowest BCUT2D eigenvalue weighted by Crippen LogP contribution is -2.36. The highest BCUT2D eigenvalue weighted by Crippen LogP contribution is 2.21. The van der Waals surface area contributed by atoms with Crippen LogP contribution in [0.1, 0.15) is 30.9 Å². The third-order valence-corrected chi connectivity index (χ3v) is 4.32. The standard InChI is InChI=1S/C17H20N6O/c18-12-14-3-5-15(6-4-14)19-13-17(24)22-9-1-2-16(7-10-22)23-11-8-20-21-23/h3-6,8,11,16,19H,1-2,7,9-10,13H2. The van der Waals surface area contributed by atoms with E-state index in [1.807, 2.05) is 27.9 Å². The fraction of sp³-hybridized carbons (Fsp3) is 0.412. The molecular formula is C17H20N6O. The van der Waals surface area contributed by atoms with E-state index in [2.05, 4.69) is 21.7 Å². The Morgan fingerprint density at radius 1 is 1.29 bits per heavy atom. The minimum Gasteiger partial charge on any atom is -0.376 e. The number of aromatic nitrogens is 3. The molecule has 1 aliphatic rings. The van der Waals surface area contributed by atoms with Crippen molar-refractivity contribution in [2.45, 2.75) is 25.3 Å². The third kappa shape index (κ3) is 3.90. The second-order valence-corrected chi connectivity index (χ2v) is 5.89. The lowest BCUT2D eigenvalue weighted by molar-refractivity contribution is -0.129. The molecule has 1 amide bonds. The number of carbonyl (C=O) groups excluding carboxylic acids is 1. The lowest BCUT2D eigenvalue weighted by Gasteiger charge is -2.21. The van der Waals surface area contributed by atoms with Gasteiger partial charge in [0.05, 0.1) is 30.4 Å². The summed E-state index contributed by atoms with van der Waals surface area (Å²) in [6.45, 7) is 1.78. The minimum atomic E-state index is 0.0959. The average Bonchev–Trinajstić information content (AvgIpc) is 3.04. The molecular weight excluding hydrogens is 304 g/mol. The van der Waals surface area contributed by atoms with E-state index < -0.39 is 0 Å². The molecule has 7 nitrogen and oxygen atoms in total. The number of likely N-dealkylation sites (tertiary alicyclic amines) is 1. The molecule has 1 atom stereocenters. The molecule has 24 heavy (non-hydrogen) atoms. The van der Waals surface area contributed by atoms with Crippen molar-refractivity contribution in [3.8, 4) is 6.07 Å². The van der Waals surface area contributed by atoms with E-state index in [1.54, 1.807) is 18.3 Å². The van der Waals surface area contributed by atoms with Crippen LogP contribution in [0.15, 0.2) is 36.7 Å². The number of nitriles is 1. The highest BCUT2D eigenvalue weighted by molar-refractivity contribution is 5.80. The number of rotatable bonds is 4. The Balaban J connectivity index is 1.50. The van der Waals surface area contributed by atoms with Crippen molar-refractivity contribution in [3.05, 3.63) is 42.2 Å². The van der Waals surface area contributed by atoms with Crippen LogP contribution in [0.25, 0.3) is 0 Å². The van der Waals surface area contributed by atoms with Gasteiger partial charge in [0.1, 0.15) is 0 Å². The van der Waals surface area contributed by atoms with Crippen molar-refractivity contribution >= 4 is 11.6 Å². The zero-order chi connectivity index (χ0) is 16.8. The average molecular weight is 324 g/mol. The molecule has 7 heteroatoms. The fourth-order valence-electron chi connectivity index (χ4n) is 2.96. The van der Waals surface area contributed by atoms with Gasteiger partial charge in [-0.1, -0.05) is 5.21 Å². The third-order valence-electron chi connectivity index (χ3n) is 4.32. The zero-order valence-electron chi connectivity index (χ0n) is 13.4. The Kier molecular flexibility index (Phi) is 5.06. The summed E-state index contributed by atoms with van der Waals surface area (Å²) >= 11 is 0. The van der Waals surface area contributed by atoms with Gasteiger partial charge in [-0.2, -0.15) is 5.26 Å². The van der Waals surface area contributed by atoms with Crippen molar-refractivity contribution in [2.75, 3.05) is 25.0 Å². The molecule has 1 saturated heterocycles. The molecule has 1 aromatic carbocycles. The number of nitrogens with zero attached hydrogens (tertiary/aromatic N) is 5. The van der Waals surface area contributed by atoms with Gasteiger partial charge in [-0.25, -0.2) is 4.68 Å². The highest BCUT2D eigenvalue weighted by Gasteiger charge is 2.21. The topological polar surface area (TPSA) is 86.8 Å². The second kappa shape index (κ2) is 7.59. The molecule has 2 heterocycles. The molecule has 2 aromatic rings. The molecule has 0 saturated carbocycles. The van der Waals surface area contributed by atoms with Crippen LogP contribution in [0, 0.1) is 11.3 Å². The Hall–Kier alpha value is -2.88. The van der Waals surface area contributed by atoms with Crippen LogP contribution in [0.4, 0.5) is 5.69 Å². The van der Waals surface area contributed by atoms with E-state index >= 15 is 0 Å². The first-order valence-corrected chi connectivity index (χ1v) is 8.14. The van der Waals surface area contributed by atoms with Crippen LogP contribution in [0.5, 0.6) is 0 Å². The number of anilines is 1. The predicted octanol–water partition coefficient (Wildman–Crippen LogP) is 1.82. The van der Waals surface area contributed by atoms with E-state index in [9.17, 15) is 4.79 Å². The van der Waals surface area contributed by atoms with Gasteiger partial charge in [0.25, 0.3) is 0 Å². The Bertz CT molecular complexity index is 704. The number of hydrogen-bond acceptors (Lipinski definition) is 5. The van der Waals surface area contributed by atoms with Gasteiger partial charge in [-0.05, 0) is 43.5 Å². The van der Waals surface area contributed by atoms with Crippen molar-refractivity contribution in [1.82, 2.24) is 19.9 Å². The molecule has 1 aromatic heterocycles. The fourth-order valence-corrected chi connectivity index (χ4v) is 2.96. The maximum Gasteiger partial charge on any atom is 0.241 e. The van der Waals surface area contributed by atoms with Crippen LogP contribution < -0.4 is 5.32 Å². The first-order chi connectivity index (χ1) is 11.8. The van der Waals surface area contributed by atoms with Gasteiger partial charge in [0.2, 0.25) is 5.91 Å². The first-order valence-electron chi connectivity index (χ1n) is 8.14. The smallest absolute Gasteiger partial charge is 0.241 e. The Morgan fingerprint density at radius 3 is 2.83 bits per heavy atom. The van der Waals surface area contributed by atoms with Crippen molar-refractivity contribution < 1.29 is 4.79 Å². The molecule has 1 aliphatic heterocycles. The molecule has 0 spiro atoms. The van der Waals surface area contributed by atoms with Crippen molar-refractivity contribution in [1.29, 1.82) is 5.26 Å². The minimum absolute atomic E-state index is 0.0959. The van der Waals surface area contributed by atoms with Gasteiger partial charge < -0.3 is 10.2 Å². The number of carbonyl (C=O) groups is 1. The summed E-state index contributed by atoms with van der Waals surface area (Å²) in [6, 6.07) is 9.50. The van der Waals surface area contributed by atoms with Gasteiger partial charge in [-0.3, -0.25) is 4.79 Å². The largest absolute Gasteiger partial charge is 0.376 e. The van der Waals surface area contributed by atoms with Crippen LogP contribution in [0.2, 0.25) is 0 Å². The van der Waals surface area contributed by atoms with Gasteiger partial charge in [0, 0.05) is 25.0 Å². The quantitative estimate of drug-likeness (QED) is 0.927. The van der Waals surface area contributed by atoms with Crippen LogP contribution in [0.3, 0.4) is 0 Å². The predicted molar refractivity (Wildman–Crippen MR) is 89.1 cm³/mol. The van der Waals surface area contributed by atoms with Crippen molar-refractivity contribution in [3.63, 3.8) is 0 Å². The Labute approximate surface area is 140 Å². The zero-order valence-corrected chi connectivity index (χ0v) is 13.4. The number of hydrogen-bond donors (Lipinski definition) is 1. The van der Waals surface area contributed by atoms with E-state index in [1.165, 1.54) is 0 Å². The van der Waals surface area contributed by atoms with E-state index in [4.69, 9.17) is 5.26 Å². The maximum atomic E-state index is 12.4. The molecule has 1 N–H and O–H groups in total. The molecule has 1 fully saturated rings. The van der Waals surface area contributed by atoms with Crippen LogP contribution >= 0.6 is 0 Å². The molecule has 1 unspecified atom stereocenters.